The molecule has 1 aromatic rings. The Morgan fingerprint density at radius 3 is 2.45 bits per heavy atom. The van der Waals surface area contributed by atoms with E-state index >= 15 is 0 Å². The summed E-state index contributed by atoms with van der Waals surface area (Å²) in [5.74, 6) is 0. The Balaban J connectivity index is 3.22. The summed E-state index contributed by atoms with van der Waals surface area (Å²) in [7, 11) is 1.92. The van der Waals surface area contributed by atoms with Crippen LogP contribution in [0.2, 0.25) is 0 Å². The zero-order valence-electron chi connectivity index (χ0n) is 6.75. The fraction of sp³-hybridized carbons (Fsp3) is 0.100. The quantitative estimate of drug-likeness (QED) is 0.445. The molecule has 0 amide bonds. The Labute approximate surface area is 67.3 Å². The van der Waals surface area contributed by atoms with E-state index in [1.54, 1.807) is 0 Å². The van der Waals surface area contributed by atoms with Gasteiger partial charge in [-0.05, 0) is 6.07 Å². The molecule has 0 bridgehead atoms. The second kappa shape index (κ2) is 3.15. The summed E-state index contributed by atoms with van der Waals surface area (Å²) >= 11 is 0. The molecule has 1 rings (SSSR count). The van der Waals surface area contributed by atoms with Gasteiger partial charge in [0.25, 0.3) is 0 Å². The molecule has 0 aliphatic heterocycles. The van der Waals surface area contributed by atoms with Crippen LogP contribution in [0.1, 0.15) is 5.56 Å². The maximum atomic E-state index is 3.80. The van der Waals surface area contributed by atoms with E-state index in [0.717, 1.165) is 11.3 Å². The van der Waals surface area contributed by atoms with Crippen LogP contribution < -0.4 is 0 Å². The largest absolute Gasteiger partial charge is 0.211 e. The Morgan fingerprint density at radius 2 is 2.00 bits per heavy atom. The first-order valence-electron chi connectivity index (χ1n) is 3.51. The van der Waals surface area contributed by atoms with Gasteiger partial charge in [-0.3, -0.25) is 0 Å². The van der Waals surface area contributed by atoms with E-state index in [1.807, 2.05) is 42.0 Å². The summed E-state index contributed by atoms with van der Waals surface area (Å²) in [6, 6.07) is 8.02. The molecule has 11 heavy (non-hydrogen) atoms. The van der Waals surface area contributed by atoms with Crippen LogP contribution in [-0.4, -0.2) is 18.3 Å². The molecule has 0 aliphatic carbocycles. The Bertz CT molecular complexity index is 287. The van der Waals surface area contributed by atoms with Gasteiger partial charge in [-0.15, -0.1) is 0 Å². The number of para-hydroxylation sites is 1. The monoisotopic (exact) mass is 146 g/mol. The van der Waals surface area contributed by atoms with E-state index in [4.69, 9.17) is 0 Å². The maximum Gasteiger partial charge on any atom is 0.211 e. The second-order valence-electron chi connectivity index (χ2n) is 2.46. The van der Waals surface area contributed by atoms with Crippen LogP contribution in [0.5, 0.6) is 0 Å². The van der Waals surface area contributed by atoms with E-state index in [9.17, 15) is 0 Å². The molecule has 0 spiro atoms. The number of rotatable bonds is 2. The molecule has 0 unspecified atom stereocenters. The normalized spacial score (nSPS) is 9.18. The highest BCUT2D eigenvalue weighted by atomic mass is 14.9. The standard InChI is InChI=1S/C10H12N/c1-4-9-7-5-6-8-10(9)11(2)3/h4-8H,1-2H2,3H3/q+1. The predicted molar refractivity (Wildman–Crippen MR) is 49.5 cm³/mol. The van der Waals surface area contributed by atoms with Crippen LogP contribution in [0.4, 0.5) is 5.69 Å². The summed E-state index contributed by atoms with van der Waals surface area (Å²) in [4.78, 5) is 0. The molecule has 1 nitrogen and oxygen atoms in total. The minimum atomic E-state index is 1.10. The van der Waals surface area contributed by atoms with Crippen molar-refractivity contribution in [3.8, 4) is 0 Å². The summed E-state index contributed by atoms with van der Waals surface area (Å²) in [6.07, 6.45) is 1.83. The van der Waals surface area contributed by atoms with Gasteiger partial charge in [-0.2, -0.15) is 0 Å². The molecule has 1 aromatic carbocycles. The average molecular weight is 146 g/mol. The van der Waals surface area contributed by atoms with E-state index in [0.29, 0.717) is 0 Å². The maximum absolute atomic E-state index is 3.80. The molecule has 0 fully saturated rings. The second-order valence-corrected chi connectivity index (χ2v) is 2.46. The smallest absolute Gasteiger partial charge is 0.208 e. The van der Waals surface area contributed by atoms with Crippen molar-refractivity contribution in [1.29, 1.82) is 0 Å². The van der Waals surface area contributed by atoms with Crippen molar-refractivity contribution in [2.24, 2.45) is 0 Å². The van der Waals surface area contributed by atoms with Crippen LogP contribution in [0, 0.1) is 0 Å². The summed E-state index contributed by atoms with van der Waals surface area (Å²) < 4.78 is 1.83. The minimum absolute atomic E-state index is 1.10. The SMILES string of the molecule is C=Cc1ccccc1[N+](=C)C. The fourth-order valence-electron chi connectivity index (χ4n) is 1.01. The Kier molecular flexibility index (Phi) is 2.21. The molecular weight excluding hydrogens is 134 g/mol. The Morgan fingerprint density at radius 1 is 1.36 bits per heavy atom. The zero-order chi connectivity index (χ0) is 8.27. The van der Waals surface area contributed by atoms with E-state index in [1.165, 1.54) is 0 Å². The Hall–Kier alpha value is -1.37. The summed E-state index contributed by atoms with van der Waals surface area (Å²) in [5.41, 5.74) is 2.22. The van der Waals surface area contributed by atoms with Gasteiger partial charge in [0, 0.05) is 11.6 Å². The molecule has 0 saturated carbocycles. The molecule has 0 N–H and O–H groups in total. The number of hydrogen-bond acceptors (Lipinski definition) is 0. The van der Waals surface area contributed by atoms with Crippen LogP contribution in [0.3, 0.4) is 0 Å². The van der Waals surface area contributed by atoms with Gasteiger partial charge in [-0.25, -0.2) is 4.58 Å². The highest BCUT2D eigenvalue weighted by Gasteiger charge is 2.03. The lowest BCUT2D eigenvalue weighted by Crippen LogP contribution is -1.94. The molecule has 0 atom stereocenters. The zero-order valence-corrected chi connectivity index (χ0v) is 6.75. The van der Waals surface area contributed by atoms with E-state index < -0.39 is 0 Å². The van der Waals surface area contributed by atoms with Crippen LogP contribution >= 0.6 is 0 Å². The van der Waals surface area contributed by atoms with Crippen LogP contribution in [0.25, 0.3) is 6.08 Å². The summed E-state index contributed by atoms with van der Waals surface area (Å²) in [6.45, 7) is 7.52. The van der Waals surface area contributed by atoms with E-state index in [-0.39, 0.29) is 0 Å². The molecule has 0 aromatic heterocycles. The molecule has 0 aliphatic rings. The highest BCUT2D eigenvalue weighted by Crippen LogP contribution is 2.16. The van der Waals surface area contributed by atoms with Gasteiger partial charge < -0.3 is 0 Å². The average Bonchev–Trinajstić information content (AvgIpc) is 2.04. The number of benzene rings is 1. The molecule has 0 radical (unpaired) electrons. The van der Waals surface area contributed by atoms with E-state index in [2.05, 4.69) is 13.3 Å². The van der Waals surface area contributed by atoms with Gasteiger partial charge in [0.15, 0.2) is 0 Å². The van der Waals surface area contributed by atoms with Crippen molar-refractivity contribution in [2.75, 3.05) is 7.05 Å². The van der Waals surface area contributed by atoms with Gasteiger partial charge in [-0.1, -0.05) is 24.8 Å². The molecule has 0 heterocycles. The van der Waals surface area contributed by atoms with Crippen LogP contribution in [0.15, 0.2) is 30.8 Å². The highest BCUT2D eigenvalue weighted by molar-refractivity contribution is 5.59. The lowest BCUT2D eigenvalue weighted by molar-refractivity contribution is -0.394. The van der Waals surface area contributed by atoms with Gasteiger partial charge in [0.2, 0.25) is 5.69 Å². The third kappa shape index (κ3) is 1.55. The minimum Gasteiger partial charge on any atom is -0.208 e. The van der Waals surface area contributed by atoms with Crippen molar-refractivity contribution >= 4 is 18.5 Å². The van der Waals surface area contributed by atoms with Crippen molar-refractivity contribution in [3.05, 3.63) is 36.4 Å². The predicted octanol–water partition coefficient (Wildman–Crippen LogP) is 2.30. The van der Waals surface area contributed by atoms with Crippen LogP contribution in [-0.2, 0) is 0 Å². The topological polar surface area (TPSA) is 3.01 Å². The van der Waals surface area contributed by atoms with Gasteiger partial charge in [0.1, 0.15) is 13.8 Å². The first-order valence-corrected chi connectivity index (χ1v) is 3.51. The number of nitrogens with zero attached hydrogens (tertiary/aromatic N) is 1. The van der Waals surface area contributed by atoms with Crippen molar-refractivity contribution in [3.63, 3.8) is 0 Å². The fourth-order valence-corrected chi connectivity index (χ4v) is 1.01. The van der Waals surface area contributed by atoms with Gasteiger partial charge >= 0.3 is 0 Å². The molecule has 1 heteroatoms. The first-order chi connectivity index (χ1) is 5.25. The lowest BCUT2D eigenvalue weighted by Gasteiger charge is -1.97. The number of hydrogen-bond donors (Lipinski definition) is 0. The molecule has 56 valence electrons. The first kappa shape index (κ1) is 7.73. The van der Waals surface area contributed by atoms with Crippen molar-refractivity contribution in [1.82, 2.24) is 0 Å². The van der Waals surface area contributed by atoms with Crippen molar-refractivity contribution in [2.45, 2.75) is 0 Å². The third-order valence-electron chi connectivity index (χ3n) is 1.57. The van der Waals surface area contributed by atoms with Gasteiger partial charge in [0.05, 0.1) is 0 Å². The van der Waals surface area contributed by atoms with Crippen molar-refractivity contribution < 1.29 is 4.58 Å². The third-order valence-corrected chi connectivity index (χ3v) is 1.57. The lowest BCUT2D eigenvalue weighted by atomic mass is 10.2. The summed E-state index contributed by atoms with van der Waals surface area (Å²) in [5, 5.41) is 0. The molecular formula is C10H12N+. The molecule has 0 saturated heterocycles.